The van der Waals surface area contributed by atoms with E-state index in [4.69, 9.17) is 0 Å². The molecule has 2 aliphatic heterocycles. The van der Waals surface area contributed by atoms with E-state index in [1.54, 1.807) is 0 Å². The van der Waals surface area contributed by atoms with Crippen molar-refractivity contribution in [1.29, 1.82) is 0 Å². The first kappa shape index (κ1) is 13.8. The van der Waals surface area contributed by atoms with Crippen molar-refractivity contribution in [2.24, 2.45) is 0 Å². The van der Waals surface area contributed by atoms with Crippen molar-refractivity contribution in [3.8, 4) is 0 Å². The maximum absolute atomic E-state index is 12.8. The molecule has 0 aliphatic carbocycles. The molecular weight excluding hydrogens is 272 g/mol. The van der Waals surface area contributed by atoms with Crippen LogP contribution >= 0.6 is 0 Å². The average molecular weight is 294 g/mol. The number of benzene rings is 2. The van der Waals surface area contributed by atoms with Gasteiger partial charge < -0.3 is 10.2 Å². The van der Waals surface area contributed by atoms with Gasteiger partial charge in [0.25, 0.3) is 0 Å². The minimum absolute atomic E-state index is 0.0423. The molecule has 1 amide bonds. The lowest BCUT2D eigenvalue weighted by Gasteiger charge is -2.25. The fourth-order valence-corrected chi connectivity index (χ4v) is 3.89. The highest BCUT2D eigenvalue weighted by molar-refractivity contribution is 5.85. The van der Waals surface area contributed by atoms with Crippen LogP contribution in [0.25, 0.3) is 10.8 Å². The summed E-state index contributed by atoms with van der Waals surface area (Å²) in [5, 5.41) is 5.97. The van der Waals surface area contributed by atoms with E-state index in [-0.39, 0.29) is 6.04 Å². The number of hydrogen-bond donors (Lipinski definition) is 1. The topological polar surface area (TPSA) is 32.3 Å². The van der Waals surface area contributed by atoms with Crippen molar-refractivity contribution >= 4 is 16.7 Å². The monoisotopic (exact) mass is 294 g/mol. The van der Waals surface area contributed by atoms with E-state index in [0.717, 1.165) is 38.9 Å². The number of likely N-dealkylation sites (tertiary alicyclic amines) is 1. The van der Waals surface area contributed by atoms with E-state index in [1.165, 1.54) is 16.3 Å². The van der Waals surface area contributed by atoms with Crippen molar-refractivity contribution in [2.75, 3.05) is 19.6 Å². The van der Waals surface area contributed by atoms with Gasteiger partial charge in [-0.3, -0.25) is 4.79 Å². The highest BCUT2D eigenvalue weighted by Crippen LogP contribution is 2.31. The van der Waals surface area contributed by atoms with Gasteiger partial charge in [0.1, 0.15) is 0 Å². The first-order chi connectivity index (χ1) is 10.8. The summed E-state index contributed by atoms with van der Waals surface area (Å²) in [5.74, 6) is 0.603. The molecule has 4 rings (SSSR count). The SMILES string of the molecule is O=C([C@@H]1NCC[C@H]1c1ccc2ccccc2c1)N1CCCC1. The highest BCUT2D eigenvalue weighted by atomic mass is 16.2. The second-order valence-corrected chi connectivity index (χ2v) is 6.47. The molecule has 114 valence electrons. The van der Waals surface area contributed by atoms with E-state index in [0.29, 0.717) is 11.8 Å². The molecule has 2 fully saturated rings. The fourth-order valence-electron chi connectivity index (χ4n) is 3.89. The Morgan fingerprint density at radius 1 is 1.05 bits per heavy atom. The van der Waals surface area contributed by atoms with Gasteiger partial charge in [-0.25, -0.2) is 0 Å². The number of fused-ring (bicyclic) bond motifs is 1. The lowest BCUT2D eigenvalue weighted by atomic mass is 9.89. The van der Waals surface area contributed by atoms with Crippen LogP contribution in [0.4, 0.5) is 0 Å². The zero-order valence-corrected chi connectivity index (χ0v) is 12.8. The predicted molar refractivity (Wildman–Crippen MR) is 88.9 cm³/mol. The van der Waals surface area contributed by atoms with E-state index in [9.17, 15) is 4.79 Å². The van der Waals surface area contributed by atoms with Crippen molar-refractivity contribution in [1.82, 2.24) is 10.2 Å². The molecule has 2 heterocycles. The van der Waals surface area contributed by atoms with Crippen molar-refractivity contribution in [3.05, 3.63) is 48.0 Å². The maximum Gasteiger partial charge on any atom is 0.240 e. The van der Waals surface area contributed by atoms with Crippen LogP contribution in [0.3, 0.4) is 0 Å². The molecule has 0 spiro atoms. The van der Waals surface area contributed by atoms with E-state index < -0.39 is 0 Å². The van der Waals surface area contributed by atoms with Crippen LogP contribution in [0.1, 0.15) is 30.7 Å². The molecule has 0 bridgehead atoms. The summed E-state index contributed by atoms with van der Waals surface area (Å²) in [6, 6.07) is 15.0. The molecule has 2 aromatic carbocycles. The van der Waals surface area contributed by atoms with Gasteiger partial charge in [0.2, 0.25) is 5.91 Å². The van der Waals surface area contributed by atoms with E-state index >= 15 is 0 Å². The van der Waals surface area contributed by atoms with Crippen LogP contribution < -0.4 is 5.32 Å². The lowest BCUT2D eigenvalue weighted by molar-refractivity contribution is -0.132. The van der Waals surface area contributed by atoms with Gasteiger partial charge in [0.05, 0.1) is 6.04 Å². The smallest absolute Gasteiger partial charge is 0.240 e. The van der Waals surface area contributed by atoms with Gasteiger partial charge in [0.15, 0.2) is 0 Å². The summed E-state index contributed by atoms with van der Waals surface area (Å²) in [5.41, 5.74) is 1.29. The lowest BCUT2D eigenvalue weighted by Crippen LogP contribution is -2.44. The van der Waals surface area contributed by atoms with Gasteiger partial charge >= 0.3 is 0 Å². The van der Waals surface area contributed by atoms with Crippen LogP contribution in [0.15, 0.2) is 42.5 Å². The largest absolute Gasteiger partial charge is 0.341 e. The Balaban J connectivity index is 1.62. The van der Waals surface area contributed by atoms with Gasteiger partial charge in [-0.1, -0.05) is 42.5 Å². The molecule has 2 atom stereocenters. The third-order valence-corrected chi connectivity index (χ3v) is 5.11. The first-order valence-electron chi connectivity index (χ1n) is 8.34. The van der Waals surface area contributed by atoms with Crippen molar-refractivity contribution in [2.45, 2.75) is 31.2 Å². The molecule has 0 unspecified atom stereocenters. The fraction of sp³-hybridized carbons (Fsp3) is 0.421. The Morgan fingerprint density at radius 2 is 1.82 bits per heavy atom. The molecule has 1 N–H and O–H groups in total. The molecule has 3 nitrogen and oxygen atoms in total. The third kappa shape index (κ3) is 2.40. The Hall–Kier alpha value is -1.87. The Bertz CT molecular complexity index is 691. The van der Waals surface area contributed by atoms with Gasteiger partial charge in [0, 0.05) is 19.0 Å². The minimum Gasteiger partial charge on any atom is -0.341 e. The van der Waals surface area contributed by atoms with Crippen molar-refractivity contribution < 1.29 is 4.79 Å². The normalized spacial score (nSPS) is 25.0. The minimum atomic E-state index is -0.0423. The van der Waals surface area contributed by atoms with Gasteiger partial charge in [-0.15, -0.1) is 0 Å². The van der Waals surface area contributed by atoms with E-state index in [2.05, 4.69) is 47.8 Å². The van der Waals surface area contributed by atoms with Crippen LogP contribution in [-0.2, 0) is 4.79 Å². The molecule has 2 saturated heterocycles. The number of carbonyl (C=O) groups excluding carboxylic acids is 1. The van der Waals surface area contributed by atoms with Crippen LogP contribution in [-0.4, -0.2) is 36.5 Å². The molecule has 0 aromatic heterocycles. The number of nitrogens with zero attached hydrogens (tertiary/aromatic N) is 1. The molecular formula is C19H22N2O. The highest BCUT2D eigenvalue weighted by Gasteiger charge is 2.36. The molecule has 2 aromatic rings. The second kappa shape index (κ2) is 5.73. The first-order valence-corrected chi connectivity index (χ1v) is 8.34. The summed E-state index contributed by atoms with van der Waals surface area (Å²) in [6.07, 6.45) is 3.35. The number of rotatable bonds is 2. The molecule has 3 heteroatoms. The summed E-state index contributed by atoms with van der Waals surface area (Å²) >= 11 is 0. The van der Waals surface area contributed by atoms with Gasteiger partial charge in [-0.05, 0) is 42.1 Å². The quantitative estimate of drug-likeness (QED) is 0.923. The number of amides is 1. The standard InChI is InChI=1S/C19H22N2O/c22-19(21-11-3-4-12-21)18-17(9-10-20-18)16-8-7-14-5-1-2-6-15(14)13-16/h1-2,5-8,13,17-18,20H,3-4,9-12H2/t17-,18+/m0/s1. The number of nitrogens with one attached hydrogen (secondary N) is 1. The zero-order valence-electron chi connectivity index (χ0n) is 12.8. The number of carbonyl (C=O) groups is 1. The third-order valence-electron chi connectivity index (χ3n) is 5.11. The second-order valence-electron chi connectivity index (χ2n) is 6.47. The summed E-state index contributed by atoms with van der Waals surface area (Å²) < 4.78 is 0. The molecule has 22 heavy (non-hydrogen) atoms. The predicted octanol–water partition coefficient (Wildman–Crippen LogP) is 2.91. The van der Waals surface area contributed by atoms with Crippen LogP contribution in [0, 0.1) is 0 Å². The Kier molecular flexibility index (Phi) is 3.59. The Labute approximate surface area is 131 Å². The molecule has 2 aliphatic rings. The van der Waals surface area contributed by atoms with Crippen LogP contribution in [0.5, 0.6) is 0 Å². The summed E-state index contributed by atoms with van der Waals surface area (Å²) in [6.45, 7) is 2.80. The summed E-state index contributed by atoms with van der Waals surface area (Å²) in [7, 11) is 0. The summed E-state index contributed by atoms with van der Waals surface area (Å²) in [4.78, 5) is 14.8. The van der Waals surface area contributed by atoms with Crippen molar-refractivity contribution in [3.63, 3.8) is 0 Å². The number of hydrogen-bond acceptors (Lipinski definition) is 2. The Morgan fingerprint density at radius 3 is 2.64 bits per heavy atom. The van der Waals surface area contributed by atoms with Crippen LogP contribution in [0.2, 0.25) is 0 Å². The molecule has 0 radical (unpaired) electrons. The maximum atomic E-state index is 12.8. The molecule has 0 saturated carbocycles. The average Bonchev–Trinajstić information content (AvgIpc) is 3.25. The van der Waals surface area contributed by atoms with E-state index in [1.807, 2.05) is 4.90 Å². The zero-order chi connectivity index (χ0) is 14.9. The van der Waals surface area contributed by atoms with Gasteiger partial charge in [-0.2, -0.15) is 0 Å².